The molecular formula is C41H88O9P2. The summed E-state index contributed by atoms with van der Waals surface area (Å²) in [5, 5.41) is 30.1. The summed E-state index contributed by atoms with van der Waals surface area (Å²) in [4.78, 5) is 15.4. The van der Waals surface area contributed by atoms with Gasteiger partial charge in [0, 0.05) is 6.61 Å². The van der Waals surface area contributed by atoms with Crippen molar-refractivity contribution < 1.29 is 43.3 Å². The van der Waals surface area contributed by atoms with Crippen LogP contribution in [0.1, 0.15) is 226 Å². The van der Waals surface area contributed by atoms with Crippen molar-refractivity contribution in [3.05, 3.63) is 0 Å². The van der Waals surface area contributed by atoms with Gasteiger partial charge in [0.25, 0.3) is 0 Å². The molecule has 11 heteroatoms. The standard InChI is InChI=1S/C41H84O4.H4O5P2/c1-3-5-7-9-11-13-15-17-19-21-23-25-27-29-31-33-35-40(41(37-42,38-43)39-44)45-36-34-32-30-28-26-24-22-20-18-16-14-12-10-8-6-4-2;1-6(2)5-7(3)4/h40,42-44H,3-39H2,1-2H3;6-7H,(H,1,2)(H,3,4). The van der Waals surface area contributed by atoms with Crippen LogP contribution in [0.3, 0.4) is 0 Å². The minimum absolute atomic E-state index is 0.234. The van der Waals surface area contributed by atoms with E-state index in [2.05, 4.69) is 18.2 Å². The lowest BCUT2D eigenvalue weighted by atomic mass is 9.81. The summed E-state index contributed by atoms with van der Waals surface area (Å²) in [6.07, 6.45) is 43.7. The summed E-state index contributed by atoms with van der Waals surface area (Å²) in [6.45, 7) is 4.53. The molecular weight excluding hydrogens is 698 g/mol. The maximum Gasteiger partial charge on any atom is 0.323 e. The van der Waals surface area contributed by atoms with Crippen LogP contribution in [-0.4, -0.2) is 57.6 Å². The van der Waals surface area contributed by atoms with Crippen LogP contribution in [0.4, 0.5) is 0 Å². The average molecular weight is 787 g/mol. The summed E-state index contributed by atoms with van der Waals surface area (Å²) in [6, 6.07) is 0. The van der Waals surface area contributed by atoms with Gasteiger partial charge in [-0.15, -0.1) is 0 Å². The molecule has 0 rings (SSSR count). The van der Waals surface area contributed by atoms with Crippen LogP contribution in [0.15, 0.2) is 0 Å². The normalized spacial score (nSPS) is 13.5. The zero-order valence-corrected chi connectivity index (χ0v) is 36.1. The Labute approximate surface area is 322 Å². The van der Waals surface area contributed by atoms with Gasteiger partial charge >= 0.3 is 16.5 Å². The van der Waals surface area contributed by atoms with Crippen molar-refractivity contribution in [1.82, 2.24) is 0 Å². The van der Waals surface area contributed by atoms with E-state index >= 15 is 0 Å². The second-order valence-electron chi connectivity index (χ2n) is 15.2. The van der Waals surface area contributed by atoms with E-state index in [9.17, 15) is 24.4 Å². The highest BCUT2D eigenvalue weighted by molar-refractivity contribution is 7.46. The van der Waals surface area contributed by atoms with E-state index in [0.717, 1.165) is 25.7 Å². The average Bonchev–Trinajstić information content (AvgIpc) is 3.12. The van der Waals surface area contributed by atoms with Crippen LogP contribution in [0.5, 0.6) is 0 Å². The zero-order valence-electron chi connectivity index (χ0n) is 34.1. The topological polar surface area (TPSA) is 154 Å². The molecule has 0 aromatic heterocycles. The van der Waals surface area contributed by atoms with Gasteiger partial charge in [-0.05, 0) is 12.8 Å². The van der Waals surface area contributed by atoms with Gasteiger partial charge in [-0.1, -0.05) is 213 Å². The quantitative estimate of drug-likeness (QED) is 0.0301. The Morgan fingerprint density at radius 2 is 0.673 bits per heavy atom. The molecule has 0 saturated carbocycles. The molecule has 0 amide bonds. The van der Waals surface area contributed by atoms with Crippen LogP contribution in [0.25, 0.3) is 0 Å². The van der Waals surface area contributed by atoms with Crippen LogP contribution in [0, 0.1) is 5.41 Å². The van der Waals surface area contributed by atoms with Gasteiger partial charge in [-0.2, -0.15) is 0 Å². The number of hydrogen-bond acceptors (Lipinski definition) is 7. The third kappa shape index (κ3) is 38.5. The van der Waals surface area contributed by atoms with Gasteiger partial charge < -0.3 is 29.8 Å². The largest absolute Gasteiger partial charge is 0.396 e. The van der Waals surface area contributed by atoms with Gasteiger partial charge in [0.1, 0.15) is 0 Å². The van der Waals surface area contributed by atoms with Crippen molar-refractivity contribution in [1.29, 1.82) is 0 Å². The first-order valence-corrected chi connectivity index (χ1v) is 24.4. The Hall–Kier alpha value is 0.180. The molecule has 52 heavy (non-hydrogen) atoms. The highest BCUT2D eigenvalue weighted by atomic mass is 31.2. The molecule has 0 aliphatic rings. The second kappa shape index (κ2) is 43.9. The molecule has 3 atom stereocenters. The Morgan fingerprint density at radius 1 is 0.423 bits per heavy atom. The number of hydrogen-bond donors (Lipinski definition) is 5. The Kier molecular flexibility index (Phi) is 45.8. The van der Waals surface area contributed by atoms with E-state index in [0.29, 0.717) is 6.61 Å². The Morgan fingerprint density at radius 3 is 0.904 bits per heavy atom. The van der Waals surface area contributed by atoms with Gasteiger partial charge in [-0.3, -0.25) is 9.13 Å². The molecule has 0 spiro atoms. The van der Waals surface area contributed by atoms with E-state index in [4.69, 9.17) is 14.5 Å². The molecule has 0 heterocycles. The van der Waals surface area contributed by atoms with Gasteiger partial charge in [0.2, 0.25) is 0 Å². The summed E-state index contributed by atoms with van der Waals surface area (Å²) in [5.74, 6) is 0. The van der Waals surface area contributed by atoms with Crippen molar-refractivity contribution >= 4 is 16.5 Å². The predicted molar refractivity (Wildman–Crippen MR) is 221 cm³/mol. The van der Waals surface area contributed by atoms with Crippen LogP contribution < -0.4 is 0 Å². The molecule has 0 aromatic rings. The van der Waals surface area contributed by atoms with E-state index in [1.54, 1.807) is 0 Å². The maximum atomic E-state index is 10.0. The minimum atomic E-state index is -3.20. The molecule has 0 radical (unpaired) electrons. The van der Waals surface area contributed by atoms with Crippen LogP contribution in [-0.2, 0) is 18.2 Å². The predicted octanol–water partition coefficient (Wildman–Crippen LogP) is 12.0. The van der Waals surface area contributed by atoms with E-state index in [1.807, 2.05) is 0 Å². The lowest BCUT2D eigenvalue weighted by Crippen LogP contribution is -2.46. The summed E-state index contributed by atoms with van der Waals surface area (Å²) in [5.41, 5.74) is -0.940. The van der Waals surface area contributed by atoms with E-state index in [-0.39, 0.29) is 25.9 Å². The molecule has 5 N–H and O–H groups in total. The van der Waals surface area contributed by atoms with Crippen molar-refractivity contribution in [3.8, 4) is 0 Å². The third-order valence-corrected chi connectivity index (χ3v) is 11.8. The molecule has 316 valence electrons. The molecule has 0 fully saturated rings. The SMILES string of the molecule is CCCCCCCCCCCCCCCCCCOC(CCCCCCCCCCCCCCCCCC)C(CO)(CO)CO.O=[PH](O)O[PH](=O)O. The molecule has 0 aromatic carbocycles. The molecule has 0 bridgehead atoms. The first kappa shape index (κ1) is 54.3. The summed E-state index contributed by atoms with van der Waals surface area (Å²) >= 11 is 0. The highest BCUT2D eigenvalue weighted by Crippen LogP contribution is 2.31. The number of aliphatic hydroxyl groups is 3. The number of ether oxygens (including phenoxy) is 1. The first-order valence-electron chi connectivity index (χ1n) is 21.9. The van der Waals surface area contributed by atoms with Gasteiger partial charge in [0.15, 0.2) is 0 Å². The van der Waals surface area contributed by atoms with Crippen molar-refractivity contribution in [3.63, 3.8) is 0 Å². The van der Waals surface area contributed by atoms with Crippen molar-refractivity contribution in [2.75, 3.05) is 26.4 Å². The summed E-state index contributed by atoms with van der Waals surface area (Å²) < 4.78 is 28.6. The molecule has 9 nitrogen and oxygen atoms in total. The molecule has 0 aliphatic heterocycles. The monoisotopic (exact) mass is 787 g/mol. The van der Waals surface area contributed by atoms with Gasteiger partial charge in [-0.25, -0.2) is 4.31 Å². The van der Waals surface area contributed by atoms with E-state index in [1.165, 1.54) is 186 Å². The number of aliphatic hydroxyl groups excluding tert-OH is 3. The summed E-state index contributed by atoms with van der Waals surface area (Å²) in [7, 11) is -6.40. The molecule has 0 saturated heterocycles. The first-order chi connectivity index (χ1) is 25.3. The Balaban J connectivity index is 0. The Bertz CT molecular complexity index is 721. The minimum Gasteiger partial charge on any atom is -0.396 e. The highest BCUT2D eigenvalue weighted by Gasteiger charge is 2.38. The number of unbranched alkanes of at least 4 members (excludes halogenated alkanes) is 30. The lowest BCUT2D eigenvalue weighted by molar-refractivity contribution is -0.117. The van der Waals surface area contributed by atoms with Crippen LogP contribution in [0.2, 0.25) is 0 Å². The molecule has 3 unspecified atom stereocenters. The number of rotatable bonds is 41. The fourth-order valence-electron chi connectivity index (χ4n) is 6.85. The molecule has 0 aliphatic carbocycles. The lowest BCUT2D eigenvalue weighted by Gasteiger charge is -2.36. The second-order valence-corrected chi connectivity index (χ2v) is 17.1. The smallest absolute Gasteiger partial charge is 0.323 e. The zero-order chi connectivity index (χ0) is 38.8. The van der Waals surface area contributed by atoms with Crippen molar-refractivity contribution in [2.45, 2.75) is 232 Å². The van der Waals surface area contributed by atoms with Crippen molar-refractivity contribution in [2.24, 2.45) is 5.41 Å². The van der Waals surface area contributed by atoms with Crippen LogP contribution >= 0.6 is 16.5 Å². The maximum absolute atomic E-state index is 10.0. The third-order valence-electron chi connectivity index (χ3n) is 10.4. The van der Waals surface area contributed by atoms with E-state index < -0.39 is 21.9 Å². The fourth-order valence-corrected chi connectivity index (χ4v) is 7.45. The fraction of sp³-hybridized carbons (Fsp3) is 1.00. The van der Waals surface area contributed by atoms with Gasteiger partial charge in [0.05, 0.1) is 31.3 Å².